The zero-order valence-electron chi connectivity index (χ0n) is 11.2. The fraction of sp³-hybridized carbons (Fsp3) is 0.400. The van der Waals surface area contributed by atoms with Gasteiger partial charge in [0.05, 0.1) is 18.4 Å². The van der Waals surface area contributed by atoms with Gasteiger partial charge in [0.1, 0.15) is 5.76 Å². The number of furan rings is 1. The molecule has 1 amide bonds. The molecule has 0 aliphatic carbocycles. The van der Waals surface area contributed by atoms with Crippen molar-refractivity contribution in [3.63, 3.8) is 0 Å². The summed E-state index contributed by atoms with van der Waals surface area (Å²) in [5.74, 6) is 0.898. The summed E-state index contributed by atoms with van der Waals surface area (Å²) in [6.45, 7) is 1.96. The Morgan fingerprint density at radius 1 is 1.35 bits per heavy atom. The predicted molar refractivity (Wildman–Crippen MR) is 76.7 cm³/mol. The van der Waals surface area contributed by atoms with E-state index in [1.54, 1.807) is 17.6 Å². The lowest BCUT2D eigenvalue weighted by Crippen LogP contribution is -2.42. The van der Waals surface area contributed by atoms with Gasteiger partial charge in [0, 0.05) is 24.6 Å². The standard InChI is InChI=1S/C15H17NO3S/c17-15(12-5-9-20-11-12)16(10-14-2-1-6-19-14)13-3-7-18-8-4-13/h1-2,5-6,9,11,13H,3-4,7-8,10H2. The molecule has 0 radical (unpaired) electrons. The predicted octanol–water partition coefficient (Wildman–Crippen LogP) is 3.16. The molecule has 1 aliphatic rings. The first-order valence-corrected chi connectivity index (χ1v) is 7.72. The second kappa shape index (κ2) is 6.24. The first-order valence-electron chi connectivity index (χ1n) is 6.78. The van der Waals surface area contributed by atoms with Crippen molar-refractivity contribution in [2.45, 2.75) is 25.4 Å². The molecule has 0 aromatic carbocycles. The summed E-state index contributed by atoms with van der Waals surface area (Å²) in [7, 11) is 0. The van der Waals surface area contributed by atoms with Gasteiger partial charge < -0.3 is 14.1 Å². The Morgan fingerprint density at radius 3 is 2.85 bits per heavy atom. The first kappa shape index (κ1) is 13.4. The van der Waals surface area contributed by atoms with Gasteiger partial charge in [-0.1, -0.05) is 0 Å². The summed E-state index contributed by atoms with van der Waals surface area (Å²) >= 11 is 1.54. The van der Waals surface area contributed by atoms with E-state index in [4.69, 9.17) is 9.15 Å². The van der Waals surface area contributed by atoms with Crippen molar-refractivity contribution in [3.05, 3.63) is 46.5 Å². The quantitative estimate of drug-likeness (QED) is 0.869. The van der Waals surface area contributed by atoms with Crippen LogP contribution in [0.15, 0.2) is 39.6 Å². The van der Waals surface area contributed by atoms with E-state index in [0.717, 1.165) is 37.4 Å². The number of nitrogens with zero attached hydrogens (tertiary/aromatic N) is 1. The molecular formula is C15H17NO3S. The molecule has 0 N–H and O–H groups in total. The number of rotatable bonds is 4. The molecule has 3 rings (SSSR count). The summed E-state index contributed by atoms with van der Waals surface area (Å²) in [6, 6.07) is 5.86. The Hall–Kier alpha value is -1.59. The van der Waals surface area contributed by atoms with Gasteiger partial charge >= 0.3 is 0 Å². The van der Waals surface area contributed by atoms with Gasteiger partial charge in [-0.3, -0.25) is 4.79 Å². The summed E-state index contributed by atoms with van der Waals surface area (Å²) in [5, 5.41) is 3.83. The van der Waals surface area contributed by atoms with Crippen LogP contribution in [0.1, 0.15) is 29.0 Å². The van der Waals surface area contributed by atoms with Gasteiger partial charge in [-0.15, -0.1) is 0 Å². The van der Waals surface area contributed by atoms with E-state index < -0.39 is 0 Å². The van der Waals surface area contributed by atoms with Crippen LogP contribution in [0.25, 0.3) is 0 Å². The van der Waals surface area contributed by atoms with Gasteiger partial charge in [-0.2, -0.15) is 11.3 Å². The second-order valence-electron chi connectivity index (χ2n) is 4.87. The average Bonchev–Trinajstić information content (AvgIpc) is 3.18. The van der Waals surface area contributed by atoms with Crippen LogP contribution in [0.4, 0.5) is 0 Å². The topological polar surface area (TPSA) is 42.7 Å². The van der Waals surface area contributed by atoms with Gasteiger partial charge in [0.25, 0.3) is 5.91 Å². The van der Waals surface area contributed by atoms with E-state index in [9.17, 15) is 4.79 Å². The van der Waals surface area contributed by atoms with Crippen molar-refractivity contribution in [1.82, 2.24) is 4.90 Å². The highest BCUT2D eigenvalue weighted by Crippen LogP contribution is 2.21. The van der Waals surface area contributed by atoms with Crippen LogP contribution in [-0.2, 0) is 11.3 Å². The summed E-state index contributed by atoms with van der Waals surface area (Å²) in [6.07, 6.45) is 3.42. The molecule has 1 aliphatic heterocycles. The van der Waals surface area contributed by atoms with Crippen LogP contribution in [-0.4, -0.2) is 30.1 Å². The van der Waals surface area contributed by atoms with E-state index in [1.807, 2.05) is 33.9 Å². The van der Waals surface area contributed by atoms with E-state index in [0.29, 0.717) is 6.54 Å². The molecule has 0 unspecified atom stereocenters. The van der Waals surface area contributed by atoms with Crippen LogP contribution < -0.4 is 0 Å². The molecule has 0 bridgehead atoms. The number of carbonyl (C=O) groups is 1. The Balaban J connectivity index is 1.80. The molecule has 1 saturated heterocycles. The maximum Gasteiger partial charge on any atom is 0.255 e. The zero-order valence-corrected chi connectivity index (χ0v) is 12.0. The molecule has 0 saturated carbocycles. The van der Waals surface area contributed by atoms with E-state index in [-0.39, 0.29) is 11.9 Å². The Kier molecular flexibility index (Phi) is 4.18. The second-order valence-corrected chi connectivity index (χ2v) is 5.65. The molecule has 20 heavy (non-hydrogen) atoms. The van der Waals surface area contributed by atoms with Crippen molar-refractivity contribution >= 4 is 17.2 Å². The smallest absolute Gasteiger partial charge is 0.255 e. The van der Waals surface area contributed by atoms with Gasteiger partial charge in [-0.05, 0) is 36.4 Å². The lowest BCUT2D eigenvalue weighted by molar-refractivity contribution is 0.0250. The molecule has 0 atom stereocenters. The summed E-state index contributed by atoms with van der Waals surface area (Å²) in [4.78, 5) is 14.6. The van der Waals surface area contributed by atoms with Crippen LogP contribution in [0.2, 0.25) is 0 Å². The SMILES string of the molecule is O=C(c1ccsc1)N(Cc1ccco1)C1CCOCC1. The van der Waals surface area contributed by atoms with E-state index >= 15 is 0 Å². The molecule has 2 aromatic rings. The number of hydrogen-bond acceptors (Lipinski definition) is 4. The molecule has 1 fully saturated rings. The number of ether oxygens (including phenoxy) is 1. The average molecular weight is 291 g/mol. The number of amides is 1. The third-order valence-corrected chi connectivity index (χ3v) is 4.25. The zero-order chi connectivity index (χ0) is 13.8. The van der Waals surface area contributed by atoms with Crippen molar-refractivity contribution in [3.8, 4) is 0 Å². The fourth-order valence-electron chi connectivity index (χ4n) is 2.49. The van der Waals surface area contributed by atoms with Gasteiger partial charge in [-0.25, -0.2) is 0 Å². The summed E-state index contributed by atoms with van der Waals surface area (Å²) in [5.41, 5.74) is 0.757. The molecule has 2 aromatic heterocycles. The highest BCUT2D eigenvalue weighted by molar-refractivity contribution is 7.08. The Labute approximate surface area is 122 Å². The van der Waals surface area contributed by atoms with Crippen molar-refractivity contribution < 1.29 is 13.9 Å². The van der Waals surface area contributed by atoms with Crippen molar-refractivity contribution in [1.29, 1.82) is 0 Å². The molecule has 106 valence electrons. The normalized spacial score (nSPS) is 16.2. The monoisotopic (exact) mass is 291 g/mol. The molecular weight excluding hydrogens is 274 g/mol. The maximum absolute atomic E-state index is 12.7. The fourth-order valence-corrected chi connectivity index (χ4v) is 3.12. The van der Waals surface area contributed by atoms with Crippen molar-refractivity contribution in [2.24, 2.45) is 0 Å². The Bertz CT molecular complexity index is 529. The third-order valence-electron chi connectivity index (χ3n) is 3.57. The van der Waals surface area contributed by atoms with Gasteiger partial charge in [0.2, 0.25) is 0 Å². The number of hydrogen-bond donors (Lipinski definition) is 0. The number of carbonyl (C=O) groups excluding carboxylic acids is 1. The van der Waals surface area contributed by atoms with Crippen LogP contribution in [0, 0.1) is 0 Å². The third kappa shape index (κ3) is 2.94. The molecule has 4 nitrogen and oxygen atoms in total. The largest absolute Gasteiger partial charge is 0.467 e. The first-order chi connectivity index (χ1) is 9.84. The van der Waals surface area contributed by atoms with Crippen molar-refractivity contribution in [2.75, 3.05) is 13.2 Å². The van der Waals surface area contributed by atoms with E-state index in [2.05, 4.69) is 0 Å². The minimum atomic E-state index is 0.0783. The molecule has 0 spiro atoms. The summed E-state index contributed by atoms with van der Waals surface area (Å²) < 4.78 is 10.8. The van der Waals surface area contributed by atoms with Gasteiger partial charge in [0.15, 0.2) is 0 Å². The van der Waals surface area contributed by atoms with Crippen LogP contribution >= 0.6 is 11.3 Å². The van der Waals surface area contributed by atoms with Crippen LogP contribution in [0.5, 0.6) is 0 Å². The lowest BCUT2D eigenvalue weighted by atomic mass is 10.1. The minimum absolute atomic E-state index is 0.0783. The molecule has 5 heteroatoms. The highest BCUT2D eigenvalue weighted by atomic mass is 32.1. The Morgan fingerprint density at radius 2 is 2.20 bits per heavy atom. The maximum atomic E-state index is 12.7. The van der Waals surface area contributed by atoms with E-state index in [1.165, 1.54) is 0 Å². The highest BCUT2D eigenvalue weighted by Gasteiger charge is 2.27. The van der Waals surface area contributed by atoms with Crippen LogP contribution in [0.3, 0.4) is 0 Å². The minimum Gasteiger partial charge on any atom is -0.467 e. The lowest BCUT2D eigenvalue weighted by Gasteiger charge is -2.33. The molecule has 3 heterocycles. The number of thiophene rings is 1.